The van der Waals surface area contributed by atoms with Crippen LogP contribution in [0.1, 0.15) is 0 Å². The van der Waals surface area contributed by atoms with Crippen LogP contribution in [-0.2, 0) is 8.23 Å². The fourth-order valence-corrected chi connectivity index (χ4v) is 9.21. The van der Waals surface area contributed by atoms with Crippen LogP contribution in [-0.4, -0.2) is 30.2 Å². The first kappa shape index (κ1) is 14.3. The fraction of sp³-hybridized carbons (Fsp3) is 0.750. The van der Waals surface area contributed by atoms with Crippen molar-refractivity contribution in [3.8, 4) is 0 Å². The summed E-state index contributed by atoms with van der Waals surface area (Å²) in [6.07, 6.45) is 0. The minimum atomic E-state index is -3.11. The largest absolute Gasteiger partial charge is 0.505 e. The Balaban J connectivity index is 4.57. The van der Waals surface area contributed by atoms with Crippen LogP contribution >= 0.6 is 0 Å². The van der Waals surface area contributed by atoms with Crippen molar-refractivity contribution in [2.45, 2.75) is 39.3 Å². The molecule has 0 saturated heterocycles. The summed E-state index contributed by atoms with van der Waals surface area (Å²) in [5.41, 5.74) is 1.46. The van der Waals surface area contributed by atoms with Gasteiger partial charge < -0.3 is 13.0 Å². The SMILES string of the molecule is C=C[Si](O)(O[Si](C)(C)C)O[Si](C)(C)C. The first-order valence-corrected chi connectivity index (χ1v) is 13.4. The molecular formula is C8H22O3Si3. The quantitative estimate of drug-likeness (QED) is 0.761. The first-order valence-electron chi connectivity index (χ1n) is 4.74. The first-order chi connectivity index (χ1) is 5.97. The maximum atomic E-state index is 10.1. The maximum Gasteiger partial charge on any atom is 0.505 e. The van der Waals surface area contributed by atoms with Crippen molar-refractivity contribution in [3.63, 3.8) is 0 Å². The topological polar surface area (TPSA) is 38.7 Å². The smallest absolute Gasteiger partial charge is 0.413 e. The van der Waals surface area contributed by atoms with Crippen molar-refractivity contribution in [2.24, 2.45) is 0 Å². The molecule has 6 heteroatoms. The molecule has 0 bridgehead atoms. The maximum absolute atomic E-state index is 10.1. The molecule has 0 aliphatic carbocycles. The lowest BCUT2D eigenvalue weighted by atomic mass is 11.3. The van der Waals surface area contributed by atoms with Gasteiger partial charge in [0.05, 0.1) is 0 Å². The Bertz CT molecular complexity index is 189. The zero-order valence-corrected chi connectivity index (χ0v) is 13.0. The van der Waals surface area contributed by atoms with E-state index >= 15 is 0 Å². The average Bonchev–Trinajstić information content (AvgIpc) is 1.78. The molecule has 0 heterocycles. The van der Waals surface area contributed by atoms with Gasteiger partial charge in [0.2, 0.25) is 0 Å². The molecular weight excluding hydrogens is 228 g/mol. The predicted octanol–water partition coefficient (Wildman–Crippen LogP) is 2.35. The summed E-state index contributed by atoms with van der Waals surface area (Å²) in [4.78, 5) is 10.1. The highest BCUT2D eigenvalue weighted by atomic mass is 28.5. The lowest BCUT2D eigenvalue weighted by Gasteiger charge is -2.33. The Morgan fingerprint density at radius 1 is 0.929 bits per heavy atom. The van der Waals surface area contributed by atoms with Gasteiger partial charge in [0.15, 0.2) is 16.6 Å². The molecule has 0 unspecified atom stereocenters. The van der Waals surface area contributed by atoms with Gasteiger partial charge in [0.25, 0.3) is 0 Å². The van der Waals surface area contributed by atoms with E-state index in [9.17, 15) is 4.80 Å². The molecule has 84 valence electrons. The van der Waals surface area contributed by atoms with E-state index in [0.717, 1.165) is 0 Å². The highest BCUT2D eigenvalue weighted by Crippen LogP contribution is 2.18. The van der Waals surface area contributed by atoms with Gasteiger partial charge in [-0.1, -0.05) is 6.58 Å². The summed E-state index contributed by atoms with van der Waals surface area (Å²) in [5, 5.41) is 0. The molecule has 3 nitrogen and oxygen atoms in total. The van der Waals surface area contributed by atoms with Gasteiger partial charge in [-0.25, -0.2) is 0 Å². The van der Waals surface area contributed by atoms with Crippen LogP contribution in [0, 0.1) is 0 Å². The third kappa shape index (κ3) is 6.68. The molecule has 14 heavy (non-hydrogen) atoms. The third-order valence-electron chi connectivity index (χ3n) is 1.16. The summed E-state index contributed by atoms with van der Waals surface area (Å²) in [5.74, 6) is 0. The number of rotatable bonds is 5. The van der Waals surface area contributed by atoms with Crippen LogP contribution in [0.25, 0.3) is 0 Å². The molecule has 0 spiro atoms. The highest BCUT2D eigenvalue weighted by molar-refractivity contribution is 6.87. The van der Waals surface area contributed by atoms with Gasteiger partial charge in [-0.15, -0.1) is 0 Å². The summed E-state index contributed by atoms with van der Waals surface area (Å²) in [7, 11) is -6.66. The summed E-state index contributed by atoms with van der Waals surface area (Å²) in [6.45, 7) is 15.8. The molecule has 0 aromatic carbocycles. The van der Waals surface area contributed by atoms with E-state index in [1.807, 2.05) is 39.3 Å². The number of hydrogen-bond acceptors (Lipinski definition) is 3. The molecule has 0 rings (SSSR count). The van der Waals surface area contributed by atoms with Gasteiger partial charge in [0, 0.05) is 0 Å². The molecule has 0 aromatic rings. The molecule has 0 radical (unpaired) electrons. The molecule has 0 aliphatic heterocycles. The molecule has 0 fully saturated rings. The van der Waals surface area contributed by atoms with Gasteiger partial charge in [-0.05, 0) is 45.0 Å². The van der Waals surface area contributed by atoms with E-state index in [0.29, 0.717) is 0 Å². The van der Waals surface area contributed by atoms with Crippen LogP contribution < -0.4 is 0 Å². The normalized spacial score (nSPS) is 14.2. The second-order valence-corrected chi connectivity index (χ2v) is 17.0. The van der Waals surface area contributed by atoms with Gasteiger partial charge in [-0.2, -0.15) is 0 Å². The molecule has 1 N–H and O–H groups in total. The summed E-state index contributed by atoms with van der Waals surface area (Å²) >= 11 is 0. The van der Waals surface area contributed by atoms with E-state index in [2.05, 4.69) is 6.58 Å². The molecule has 0 atom stereocenters. The average molecular weight is 251 g/mol. The number of hydrogen-bond donors (Lipinski definition) is 1. The molecule has 0 aliphatic rings. The van der Waals surface area contributed by atoms with E-state index in [1.165, 1.54) is 5.70 Å². The van der Waals surface area contributed by atoms with Crippen LogP contribution in [0.15, 0.2) is 12.3 Å². The van der Waals surface area contributed by atoms with Crippen LogP contribution in [0.4, 0.5) is 0 Å². The minimum absolute atomic E-state index is 1.46. The van der Waals surface area contributed by atoms with E-state index in [-0.39, 0.29) is 0 Å². The van der Waals surface area contributed by atoms with E-state index < -0.39 is 25.4 Å². The van der Waals surface area contributed by atoms with Gasteiger partial charge >= 0.3 is 8.80 Å². The Kier molecular flexibility index (Phi) is 4.50. The Hall–Kier alpha value is 0.271. The van der Waals surface area contributed by atoms with Crippen molar-refractivity contribution in [1.82, 2.24) is 0 Å². The lowest BCUT2D eigenvalue weighted by molar-refractivity contribution is 0.263. The van der Waals surface area contributed by atoms with Crippen LogP contribution in [0.2, 0.25) is 39.3 Å². The molecule has 0 aromatic heterocycles. The highest BCUT2D eigenvalue weighted by Gasteiger charge is 2.41. The van der Waals surface area contributed by atoms with Crippen molar-refractivity contribution in [1.29, 1.82) is 0 Å². The Morgan fingerprint density at radius 3 is 1.36 bits per heavy atom. The second kappa shape index (κ2) is 4.42. The fourth-order valence-electron chi connectivity index (χ4n) is 0.982. The van der Waals surface area contributed by atoms with Crippen molar-refractivity contribution >= 4 is 25.4 Å². The summed E-state index contributed by atoms with van der Waals surface area (Å²) in [6, 6.07) is 0. The Labute approximate surface area is 90.4 Å². The van der Waals surface area contributed by atoms with Crippen LogP contribution in [0.5, 0.6) is 0 Å². The van der Waals surface area contributed by atoms with Gasteiger partial charge in [-0.3, -0.25) is 0 Å². The van der Waals surface area contributed by atoms with Crippen molar-refractivity contribution in [2.75, 3.05) is 0 Å². The molecule has 0 saturated carbocycles. The van der Waals surface area contributed by atoms with Crippen LogP contribution in [0.3, 0.4) is 0 Å². The minimum Gasteiger partial charge on any atom is -0.413 e. The van der Waals surface area contributed by atoms with Gasteiger partial charge in [0.1, 0.15) is 0 Å². The standard InChI is InChI=1S/C8H22O3Si3/c1-8-14(9,10-12(2,3)4)11-13(5,6)7/h8-9H,1H2,2-7H3. The molecule has 0 amide bonds. The lowest BCUT2D eigenvalue weighted by Crippen LogP contribution is -2.53. The third-order valence-corrected chi connectivity index (χ3v) is 8.92. The van der Waals surface area contributed by atoms with Crippen molar-refractivity contribution in [3.05, 3.63) is 12.3 Å². The zero-order valence-electron chi connectivity index (χ0n) is 10.0. The van der Waals surface area contributed by atoms with E-state index in [1.54, 1.807) is 0 Å². The second-order valence-electron chi connectivity index (χ2n) is 5.26. The summed E-state index contributed by atoms with van der Waals surface area (Å²) < 4.78 is 11.4. The van der Waals surface area contributed by atoms with E-state index in [4.69, 9.17) is 8.23 Å². The Morgan fingerprint density at radius 2 is 1.21 bits per heavy atom. The monoisotopic (exact) mass is 250 g/mol. The van der Waals surface area contributed by atoms with Crippen molar-refractivity contribution < 1.29 is 13.0 Å². The zero-order chi connectivity index (χ0) is 11.6. The predicted molar refractivity (Wildman–Crippen MR) is 67.0 cm³/mol.